The minimum absolute atomic E-state index is 0.121. The van der Waals surface area contributed by atoms with Crippen LogP contribution in [0.25, 0.3) is 10.9 Å². The number of para-hydroxylation sites is 1. The molecule has 0 spiro atoms. The molecule has 32 heavy (non-hydrogen) atoms. The Labute approximate surface area is 192 Å². The molecular weight excluding hydrogens is 424 g/mol. The van der Waals surface area contributed by atoms with Crippen LogP contribution in [0.3, 0.4) is 0 Å². The average Bonchev–Trinajstić information content (AvgIpc) is 2.82. The summed E-state index contributed by atoms with van der Waals surface area (Å²) in [5, 5.41) is 4.86. The molecule has 2 aromatic carbocycles. The number of rotatable bonds is 7. The Bertz CT molecular complexity index is 1110. The van der Waals surface area contributed by atoms with Gasteiger partial charge in [0.05, 0.1) is 32.4 Å². The number of aromatic nitrogens is 1. The number of benzene rings is 2. The fraction of sp³-hybridized carbons (Fsp3) is 0.333. The van der Waals surface area contributed by atoms with E-state index in [4.69, 9.17) is 21.7 Å². The summed E-state index contributed by atoms with van der Waals surface area (Å²) in [6, 6.07) is 17.4. The molecule has 2 N–H and O–H groups in total. The highest BCUT2D eigenvalue weighted by molar-refractivity contribution is 7.80. The summed E-state index contributed by atoms with van der Waals surface area (Å²) in [5.41, 5.74) is 2.22. The van der Waals surface area contributed by atoms with Gasteiger partial charge < -0.3 is 24.7 Å². The van der Waals surface area contributed by atoms with Gasteiger partial charge in [-0.3, -0.25) is 9.69 Å². The molecule has 168 valence electrons. The molecule has 4 rings (SSSR count). The number of hydrogen-bond donors (Lipinski definition) is 2. The zero-order valence-electron chi connectivity index (χ0n) is 18.2. The summed E-state index contributed by atoms with van der Waals surface area (Å²) in [6.45, 7) is 5.29. The first kappa shape index (κ1) is 22.3. The van der Waals surface area contributed by atoms with E-state index in [1.165, 1.54) is 0 Å². The molecule has 8 heteroatoms. The summed E-state index contributed by atoms with van der Waals surface area (Å²) < 4.78 is 10.7. The van der Waals surface area contributed by atoms with Crippen LogP contribution in [0.5, 0.6) is 5.75 Å². The van der Waals surface area contributed by atoms with Gasteiger partial charge in [0.2, 0.25) is 0 Å². The highest BCUT2D eigenvalue weighted by atomic mass is 32.1. The van der Waals surface area contributed by atoms with Crippen molar-refractivity contribution in [3.63, 3.8) is 0 Å². The smallest absolute Gasteiger partial charge is 0.253 e. The van der Waals surface area contributed by atoms with Crippen molar-refractivity contribution in [2.45, 2.75) is 6.54 Å². The third-order valence-corrected chi connectivity index (χ3v) is 5.95. The molecule has 0 aliphatic carbocycles. The van der Waals surface area contributed by atoms with Crippen LogP contribution >= 0.6 is 12.2 Å². The van der Waals surface area contributed by atoms with Crippen LogP contribution in [-0.4, -0.2) is 66.4 Å². The molecule has 0 bridgehead atoms. The van der Waals surface area contributed by atoms with Crippen molar-refractivity contribution in [1.82, 2.24) is 14.8 Å². The second-order valence-corrected chi connectivity index (χ2v) is 8.14. The Morgan fingerprint density at radius 2 is 1.97 bits per heavy atom. The Morgan fingerprint density at radius 3 is 2.72 bits per heavy atom. The van der Waals surface area contributed by atoms with Crippen molar-refractivity contribution < 1.29 is 9.47 Å². The van der Waals surface area contributed by atoms with Crippen molar-refractivity contribution in [3.8, 4) is 5.75 Å². The third-order valence-electron chi connectivity index (χ3n) is 5.59. The molecule has 0 radical (unpaired) electrons. The van der Waals surface area contributed by atoms with Crippen LogP contribution < -0.4 is 15.6 Å². The van der Waals surface area contributed by atoms with Gasteiger partial charge in [-0.15, -0.1) is 0 Å². The maximum Gasteiger partial charge on any atom is 0.253 e. The van der Waals surface area contributed by atoms with Crippen LogP contribution in [0.2, 0.25) is 0 Å². The Kier molecular flexibility index (Phi) is 7.36. The number of thiocarbonyl (C=S) groups is 1. The molecule has 7 nitrogen and oxygen atoms in total. The van der Waals surface area contributed by atoms with E-state index in [0.29, 0.717) is 29.5 Å². The molecule has 1 aliphatic rings. The number of anilines is 1. The number of aromatic amines is 1. The molecule has 0 unspecified atom stereocenters. The fourth-order valence-electron chi connectivity index (χ4n) is 3.74. The number of nitrogens with one attached hydrogen (secondary N) is 2. The summed E-state index contributed by atoms with van der Waals surface area (Å²) in [6.07, 6.45) is 0. The summed E-state index contributed by atoms with van der Waals surface area (Å²) in [4.78, 5) is 20.2. The second-order valence-electron chi connectivity index (χ2n) is 7.75. The first-order valence-electron chi connectivity index (χ1n) is 10.7. The zero-order chi connectivity index (χ0) is 22.3. The summed E-state index contributed by atoms with van der Waals surface area (Å²) in [7, 11) is 1.61. The van der Waals surface area contributed by atoms with E-state index in [-0.39, 0.29) is 5.56 Å². The highest BCUT2D eigenvalue weighted by Gasteiger charge is 2.17. The SMILES string of the molecule is COc1ccc2cc(CN(CCN3CCOCC3)C(=S)Nc3ccccc3)c(=O)[nH]c2c1. The van der Waals surface area contributed by atoms with Crippen LogP contribution in [0, 0.1) is 0 Å². The lowest BCUT2D eigenvalue weighted by Crippen LogP contribution is -2.44. The maximum atomic E-state index is 12.8. The van der Waals surface area contributed by atoms with Crippen molar-refractivity contribution in [1.29, 1.82) is 0 Å². The van der Waals surface area contributed by atoms with E-state index in [2.05, 4.69) is 20.1 Å². The van der Waals surface area contributed by atoms with Gasteiger partial charge in [-0.1, -0.05) is 18.2 Å². The number of fused-ring (bicyclic) bond motifs is 1. The van der Waals surface area contributed by atoms with Crippen LogP contribution in [0.15, 0.2) is 59.4 Å². The minimum Gasteiger partial charge on any atom is -0.497 e. The predicted molar refractivity (Wildman–Crippen MR) is 131 cm³/mol. The van der Waals surface area contributed by atoms with Gasteiger partial charge in [-0.25, -0.2) is 0 Å². The molecule has 3 aromatic rings. The van der Waals surface area contributed by atoms with Gasteiger partial charge in [0.1, 0.15) is 5.75 Å². The largest absolute Gasteiger partial charge is 0.497 e. The fourth-order valence-corrected chi connectivity index (χ4v) is 4.01. The lowest BCUT2D eigenvalue weighted by molar-refractivity contribution is 0.0358. The number of H-pyrrole nitrogens is 1. The number of pyridine rings is 1. The van der Waals surface area contributed by atoms with Crippen molar-refractivity contribution in [2.24, 2.45) is 0 Å². The first-order chi connectivity index (χ1) is 15.6. The summed E-state index contributed by atoms with van der Waals surface area (Å²) >= 11 is 5.74. The van der Waals surface area contributed by atoms with Gasteiger partial charge in [-0.05, 0) is 47.9 Å². The van der Waals surface area contributed by atoms with E-state index in [9.17, 15) is 4.79 Å². The maximum absolute atomic E-state index is 12.8. The third kappa shape index (κ3) is 5.64. The van der Waals surface area contributed by atoms with E-state index in [1.807, 2.05) is 54.6 Å². The number of nitrogens with zero attached hydrogens (tertiary/aromatic N) is 2. The van der Waals surface area contributed by atoms with Gasteiger partial charge in [0.15, 0.2) is 5.11 Å². The quantitative estimate of drug-likeness (QED) is 0.534. The lowest BCUT2D eigenvalue weighted by Gasteiger charge is -2.31. The van der Waals surface area contributed by atoms with Crippen molar-refractivity contribution in [2.75, 3.05) is 51.8 Å². The molecule has 1 aromatic heterocycles. The molecule has 1 fully saturated rings. The molecular formula is C24H28N4O3S. The van der Waals surface area contributed by atoms with E-state index in [0.717, 1.165) is 49.4 Å². The van der Waals surface area contributed by atoms with Gasteiger partial charge in [-0.2, -0.15) is 0 Å². The molecule has 2 heterocycles. The first-order valence-corrected chi connectivity index (χ1v) is 11.1. The average molecular weight is 453 g/mol. The molecule has 1 aliphatic heterocycles. The minimum atomic E-state index is -0.121. The number of methoxy groups -OCH3 is 1. The number of ether oxygens (including phenoxy) is 2. The topological polar surface area (TPSA) is 69.8 Å². The Morgan fingerprint density at radius 1 is 1.19 bits per heavy atom. The lowest BCUT2D eigenvalue weighted by atomic mass is 10.1. The predicted octanol–water partition coefficient (Wildman–Crippen LogP) is 3.07. The highest BCUT2D eigenvalue weighted by Crippen LogP contribution is 2.19. The molecule has 0 atom stereocenters. The normalized spacial score (nSPS) is 14.3. The second kappa shape index (κ2) is 10.6. The van der Waals surface area contributed by atoms with E-state index < -0.39 is 0 Å². The van der Waals surface area contributed by atoms with Gasteiger partial charge in [0.25, 0.3) is 5.56 Å². The van der Waals surface area contributed by atoms with Crippen LogP contribution in [-0.2, 0) is 11.3 Å². The van der Waals surface area contributed by atoms with Gasteiger partial charge >= 0.3 is 0 Å². The number of morpholine rings is 1. The van der Waals surface area contributed by atoms with Crippen LogP contribution in [0.4, 0.5) is 5.69 Å². The molecule has 0 amide bonds. The zero-order valence-corrected chi connectivity index (χ0v) is 19.0. The molecule has 0 saturated carbocycles. The standard InChI is InChI=1S/C24H28N4O3S/c1-30-21-8-7-18-15-19(23(29)26-22(18)16-21)17-28(10-9-27-11-13-31-14-12-27)24(32)25-20-5-3-2-4-6-20/h2-8,15-16H,9-14,17H2,1H3,(H,25,32)(H,26,29). The number of hydrogen-bond acceptors (Lipinski definition) is 5. The summed E-state index contributed by atoms with van der Waals surface area (Å²) in [5.74, 6) is 0.710. The van der Waals surface area contributed by atoms with Crippen molar-refractivity contribution in [3.05, 3.63) is 70.5 Å². The van der Waals surface area contributed by atoms with E-state index in [1.54, 1.807) is 7.11 Å². The Hall–Kier alpha value is -2.94. The molecule has 1 saturated heterocycles. The van der Waals surface area contributed by atoms with E-state index >= 15 is 0 Å². The monoisotopic (exact) mass is 452 g/mol. The van der Waals surface area contributed by atoms with Crippen molar-refractivity contribution >= 4 is 33.9 Å². The Balaban J connectivity index is 1.54. The van der Waals surface area contributed by atoms with Gasteiger partial charge in [0, 0.05) is 43.5 Å². The van der Waals surface area contributed by atoms with Crippen LogP contribution in [0.1, 0.15) is 5.56 Å².